The topological polar surface area (TPSA) is 46.9 Å². The first-order chi connectivity index (χ1) is 9.13. The fraction of sp³-hybridized carbons (Fsp3) is 0.733. The molecule has 19 heavy (non-hydrogen) atoms. The zero-order valence-corrected chi connectivity index (χ0v) is 11.8. The molecule has 0 radical (unpaired) electrons. The monoisotopic (exact) mass is 261 g/mol. The van der Waals surface area contributed by atoms with Gasteiger partial charge in [0.05, 0.1) is 0 Å². The summed E-state index contributed by atoms with van der Waals surface area (Å²) < 4.78 is 1.75. The predicted octanol–water partition coefficient (Wildman–Crippen LogP) is 2.13. The Hall–Kier alpha value is -1.32. The molecule has 1 amide bonds. The number of aryl methyl sites for hydroxylation is 1. The largest absolute Gasteiger partial charge is 0.352 e. The Kier molecular flexibility index (Phi) is 3.33. The molecule has 0 saturated heterocycles. The van der Waals surface area contributed by atoms with Crippen molar-refractivity contribution in [2.24, 2.45) is 17.8 Å². The van der Waals surface area contributed by atoms with Crippen molar-refractivity contribution >= 4 is 5.91 Å². The molecule has 2 fully saturated rings. The van der Waals surface area contributed by atoms with Crippen LogP contribution in [0, 0.1) is 24.7 Å². The molecule has 0 spiro atoms. The fourth-order valence-corrected chi connectivity index (χ4v) is 4.01. The van der Waals surface area contributed by atoms with Crippen LogP contribution in [-0.4, -0.2) is 21.7 Å². The first kappa shape index (κ1) is 12.7. The van der Waals surface area contributed by atoms with E-state index >= 15 is 0 Å². The maximum Gasteiger partial charge on any atom is 0.241 e. The molecule has 0 aliphatic heterocycles. The van der Waals surface area contributed by atoms with Crippen LogP contribution in [0.25, 0.3) is 0 Å². The Morgan fingerprint density at radius 1 is 1.53 bits per heavy atom. The highest BCUT2D eigenvalue weighted by Crippen LogP contribution is 2.49. The second kappa shape index (κ2) is 4.99. The van der Waals surface area contributed by atoms with Crippen molar-refractivity contribution in [3.05, 3.63) is 18.0 Å². The summed E-state index contributed by atoms with van der Waals surface area (Å²) in [4.78, 5) is 12.1. The Morgan fingerprint density at radius 2 is 2.37 bits per heavy atom. The molecule has 4 atom stereocenters. The first-order valence-corrected chi connectivity index (χ1v) is 7.41. The molecule has 2 saturated carbocycles. The lowest BCUT2D eigenvalue weighted by Crippen LogP contribution is -2.41. The summed E-state index contributed by atoms with van der Waals surface area (Å²) >= 11 is 0. The van der Waals surface area contributed by atoms with Crippen LogP contribution < -0.4 is 5.32 Å². The number of carbonyl (C=O) groups is 1. The second-order valence-corrected chi connectivity index (χ2v) is 6.33. The van der Waals surface area contributed by atoms with Crippen LogP contribution in [0.4, 0.5) is 0 Å². The summed E-state index contributed by atoms with van der Waals surface area (Å²) in [5.74, 6) is 2.57. The van der Waals surface area contributed by atoms with E-state index < -0.39 is 0 Å². The molecule has 1 aromatic heterocycles. The minimum atomic E-state index is 0.0853. The molecule has 2 bridgehead atoms. The van der Waals surface area contributed by atoms with E-state index in [4.69, 9.17) is 0 Å². The van der Waals surface area contributed by atoms with Gasteiger partial charge in [-0.2, -0.15) is 5.10 Å². The number of aromatic nitrogens is 2. The van der Waals surface area contributed by atoms with Crippen LogP contribution in [0.2, 0.25) is 0 Å². The van der Waals surface area contributed by atoms with Crippen molar-refractivity contribution in [2.75, 3.05) is 0 Å². The number of nitrogens with one attached hydrogen (secondary N) is 1. The second-order valence-electron chi connectivity index (χ2n) is 6.33. The number of nitrogens with zero attached hydrogens (tertiary/aromatic N) is 2. The van der Waals surface area contributed by atoms with Gasteiger partial charge in [-0.3, -0.25) is 9.48 Å². The normalized spacial score (nSPS) is 30.5. The lowest BCUT2D eigenvalue weighted by Gasteiger charge is -2.28. The molecule has 1 N–H and O–H groups in total. The van der Waals surface area contributed by atoms with E-state index in [0.29, 0.717) is 18.5 Å². The molecular formula is C15H23N3O. The molecule has 2 aliphatic carbocycles. The predicted molar refractivity (Wildman–Crippen MR) is 73.5 cm³/mol. The molecule has 104 valence electrons. The zero-order valence-electron chi connectivity index (χ0n) is 11.8. The number of rotatable bonds is 4. The first-order valence-electron chi connectivity index (χ1n) is 7.41. The highest BCUT2D eigenvalue weighted by molar-refractivity contribution is 5.76. The van der Waals surface area contributed by atoms with Gasteiger partial charge < -0.3 is 5.32 Å². The molecule has 4 unspecified atom stereocenters. The van der Waals surface area contributed by atoms with E-state index in [-0.39, 0.29) is 5.91 Å². The van der Waals surface area contributed by atoms with Crippen molar-refractivity contribution < 1.29 is 4.79 Å². The van der Waals surface area contributed by atoms with Gasteiger partial charge in [-0.05, 0) is 56.9 Å². The van der Waals surface area contributed by atoms with Gasteiger partial charge in [0, 0.05) is 17.9 Å². The Balaban J connectivity index is 1.53. The van der Waals surface area contributed by atoms with Gasteiger partial charge in [0.1, 0.15) is 6.54 Å². The number of amides is 1. The molecule has 4 heteroatoms. The lowest BCUT2D eigenvalue weighted by atomic mass is 9.84. The van der Waals surface area contributed by atoms with Gasteiger partial charge in [0.2, 0.25) is 5.91 Å². The van der Waals surface area contributed by atoms with Crippen molar-refractivity contribution in [2.45, 2.75) is 52.1 Å². The summed E-state index contributed by atoms with van der Waals surface area (Å²) in [5.41, 5.74) is 1.03. The lowest BCUT2D eigenvalue weighted by molar-refractivity contribution is -0.123. The van der Waals surface area contributed by atoms with Crippen LogP contribution >= 0.6 is 0 Å². The Labute approximate surface area is 114 Å². The minimum Gasteiger partial charge on any atom is -0.352 e. The third kappa shape index (κ3) is 2.53. The quantitative estimate of drug-likeness (QED) is 0.902. The van der Waals surface area contributed by atoms with E-state index in [1.807, 2.05) is 13.0 Å². The molecule has 3 rings (SSSR count). The van der Waals surface area contributed by atoms with Crippen molar-refractivity contribution in [3.63, 3.8) is 0 Å². The maximum atomic E-state index is 12.1. The average molecular weight is 261 g/mol. The van der Waals surface area contributed by atoms with E-state index in [1.165, 1.54) is 25.7 Å². The highest BCUT2D eigenvalue weighted by Gasteiger charge is 2.42. The fourth-order valence-electron chi connectivity index (χ4n) is 4.01. The standard InChI is InChI=1S/C15H23N3O/c1-10-5-6-16-18(10)9-15(19)17-11(2)14-8-12-3-4-13(14)7-12/h5-6,11-14H,3-4,7-9H2,1-2H3,(H,17,19). The summed E-state index contributed by atoms with van der Waals surface area (Å²) in [6.45, 7) is 4.48. The summed E-state index contributed by atoms with van der Waals surface area (Å²) in [6, 6.07) is 2.23. The zero-order chi connectivity index (χ0) is 13.4. The maximum absolute atomic E-state index is 12.1. The van der Waals surface area contributed by atoms with Crippen molar-refractivity contribution in [1.29, 1.82) is 0 Å². The SMILES string of the molecule is Cc1ccnn1CC(=O)NC(C)C1CC2CCC1C2. The van der Waals surface area contributed by atoms with E-state index in [0.717, 1.165) is 17.5 Å². The van der Waals surface area contributed by atoms with Gasteiger partial charge in [0.25, 0.3) is 0 Å². The molecule has 0 aromatic carbocycles. The molecule has 1 aromatic rings. The smallest absolute Gasteiger partial charge is 0.241 e. The van der Waals surface area contributed by atoms with Gasteiger partial charge in [-0.1, -0.05) is 6.42 Å². The van der Waals surface area contributed by atoms with Crippen LogP contribution in [0.1, 0.15) is 38.3 Å². The van der Waals surface area contributed by atoms with Gasteiger partial charge in [0.15, 0.2) is 0 Å². The van der Waals surface area contributed by atoms with E-state index in [1.54, 1.807) is 10.9 Å². The van der Waals surface area contributed by atoms with Crippen molar-refractivity contribution in [3.8, 4) is 0 Å². The Bertz CT molecular complexity index is 468. The van der Waals surface area contributed by atoms with Gasteiger partial charge in [-0.25, -0.2) is 0 Å². The summed E-state index contributed by atoms with van der Waals surface area (Å²) in [7, 11) is 0. The van der Waals surface area contributed by atoms with Crippen LogP contribution in [0.3, 0.4) is 0 Å². The summed E-state index contributed by atoms with van der Waals surface area (Å²) in [6.07, 6.45) is 7.22. The van der Waals surface area contributed by atoms with E-state index in [2.05, 4.69) is 17.3 Å². The van der Waals surface area contributed by atoms with Gasteiger partial charge in [-0.15, -0.1) is 0 Å². The molecule has 1 heterocycles. The van der Waals surface area contributed by atoms with Gasteiger partial charge >= 0.3 is 0 Å². The third-order valence-corrected chi connectivity index (χ3v) is 5.05. The number of carbonyl (C=O) groups excluding carboxylic acids is 1. The summed E-state index contributed by atoms with van der Waals surface area (Å²) in [5, 5.41) is 7.33. The number of hydrogen-bond donors (Lipinski definition) is 1. The molecular weight excluding hydrogens is 238 g/mol. The minimum absolute atomic E-state index is 0.0853. The third-order valence-electron chi connectivity index (χ3n) is 5.05. The Morgan fingerprint density at radius 3 is 2.95 bits per heavy atom. The van der Waals surface area contributed by atoms with Crippen molar-refractivity contribution in [1.82, 2.24) is 15.1 Å². The van der Waals surface area contributed by atoms with Crippen LogP contribution in [0.15, 0.2) is 12.3 Å². The molecule has 2 aliphatic rings. The number of hydrogen-bond acceptors (Lipinski definition) is 2. The number of fused-ring (bicyclic) bond motifs is 2. The van der Waals surface area contributed by atoms with E-state index in [9.17, 15) is 4.79 Å². The van der Waals surface area contributed by atoms with Crippen LogP contribution in [0.5, 0.6) is 0 Å². The van der Waals surface area contributed by atoms with Crippen LogP contribution in [-0.2, 0) is 11.3 Å². The average Bonchev–Trinajstić information content (AvgIpc) is 3.06. The molecule has 4 nitrogen and oxygen atoms in total. The highest BCUT2D eigenvalue weighted by atomic mass is 16.2.